The Kier molecular flexibility index (Phi) is 2.22. The van der Waals surface area contributed by atoms with Gasteiger partial charge in [0, 0.05) is 0 Å². The van der Waals surface area contributed by atoms with E-state index in [1.54, 1.807) is 30.3 Å². The molecule has 5 heteroatoms. The Balaban J connectivity index is 2.37. The van der Waals surface area contributed by atoms with Gasteiger partial charge >= 0.3 is 6.18 Å². The zero-order valence-electron chi connectivity index (χ0n) is 7.55. The van der Waals surface area contributed by atoms with Crippen LogP contribution in [0.2, 0.25) is 0 Å². The first kappa shape index (κ1) is 9.76. The molecule has 0 unspecified atom stereocenters. The Morgan fingerprint density at radius 2 is 1.73 bits per heavy atom. The molecular weight excluding hydrogens is 205 g/mol. The average Bonchev–Trinajstić information content (AvgIpc) is 2.67. The summed E-state index contributed by atoms with van der Waals surface area (Å²) in [5.74, 6) is -0.971. The summed E-state index contributed by atoms with van der Waals surface area (Å²) in [6.45, 7) is 0. The standard InChI is InChI=1S/C10H7F3N2/c11-10(12,13)9-14-6-8(15-9)7-4-2-1-3-5-7/h1-6H,(H,14,15). The van der Waals surface area contributed by atoms with E-state index in [2.05, 4.69) is 9.97 Å². The number of aromatic amines is 1. The van der Waals surface area contributed by atoms with Crippen molar-refractivity contribution in [2.75, 3.05) is 0 Å². The molecular formula is C10H7F3N2. The minimum Gasteiger partial charge on any atom is -0.334 e. The maximum Gasteiger partial charge on any atom is 0.449 e. The zero-order chi connectivity index (χ0) is 10.9. The van der Waals surface area contributed by atoms with E-state index in [0.717, 1.165) is 0 Å². The molecule has 1 aromatic carbocycles. The predicted molar refractivity (Wildman–Crippen MR) is 49.0 cm³/mol. The monoisotopic (exact) mass is 212 g/mol. The van der Waals surface area contributed by atoms with Crippen LogP contribution in [-0.4, -0.2) is 9.97 Å². The molecule has 15 heavy (non-hydrogen) atoms. The second kappa shape index (κ2) is 3.42. The highest BCUT2D eigenvalue weighted by atomic mass is 19.4. The fraction of sp³-hybridized carbons (Fsp3) is 0.100. The number of H-pyrrole nitrogens is 1. The molecule has 0 radical (unpaired) electrons. The van der Waals surface area contributed by atoms with Gasteiger partial charge in [-0.1, -0.05) is 30.3 Å². The van der Waals surface area contributed by atoms with Gasteiger partial charge in [0.15, 0.2) is 0 Å². The minimum absolute atomic E-state index is 0.364. The number of aromatic nitrogens is 2. The van der Waals surface area contributed by atoms with Gasteiger partial charge in [-0.15, -0.1) is 0 Å². The van der Waals surface area contributed by atoms with Crippen molar-refractivity contribution < 1.29 is 13.2 Å². The maximum absolute atomic E-state index is 12.2. The van der Waals surface area contributed by atoms with Crippen molar-refractivity contribution in [2.45, 2.75) is 6.18 Å². The normalized spacial score (nSPS) is 11.7. The number of imidazole rings is 1. The molecule has 1 heterocycles. The van der Waals surface area contributed by atoms with Gasteiger partial charge in [0.1, 0.15) is 0 Å². The van der Waals surface area contributed by atoms with Gasteiger partial charge in [-0.2, -0.15) is 13.2 Å². The second-order valence-corrected chi connectivity index (χ2v) is 3.01. The molecule has 78 valence electrons. The summed E-state index contributed by atoms with van der Waals surface area (Å²) in [6.07, 6.45) is -3.24. The van der Waals surface area contributed by atoms with Crippen LogP contribution in [0.3, 0.4) is 0 Å². The average molecular weight is 212 g/mol. The summed E-state index contributed by atoms with van der Waals surface area (Å²) in [6, 6.07) is 8.73. The minimum atomic E-state index is -4.42. The first-order valence-corrected chi connectivity index (χ1v) is 4.25. The van der Waals surface area contributed by atoms with E-state index < -0.39 is 12.0 Å². The van der Waals surface area contributed by atoms with E-state index in [1.165, 1.54) is 6.20 Å². The molecule has 0 saturated carbocycles. The van der Waals surface area contributed by atoms with Crippen molar-refractivity contribution in [3.8, 4) is 11.3 Å². The molecule has 0 aliphatic carbocycles. The van der Waals surface area contributed by atoms with Crippen molar-refractivity contribution in [1.82, 2.24) is 9.97 Å². The van der Waals surface area contributed by atoms with E-state index >= 15 is 0 Å². The lowest BCUT2D eigenvalue weighted by atomic mass is 10.2. The quantitative estimate of drug-likeness (QED) is 0.773. The first-order chi connectivity index (χ1) is 7.07. The van der Waals surface area contributed by atoms with Crippen molar-refractivity contribution in [2.24, 2.45) is 0 Å². The van der Waals surface area contributed by atoms with Gasteiger partial charge in [0.25, 0.3) is 0 Å². The van der Waals surface area contributed by atoms with Crippen LogP contribution in [0, 0.1) is 0 Å². The van der Waals surface area contributed by atoms with Crippen LogP contribution in [0.5, 0.6) is 0 Å². The Bertz CT molecular complexity index is 445. The van der Waals surface area contributed by atoms with E-state index in [1.807, 2.05) is 0 Å². The molecule has 2 nitrogen and oxygen atoms in total. The number of halogens is 3. The van der Waals surface area contributed by atoms with Crippen LogP contribution in [0.15, 0.2) is 36.5 Å². The van der Waals surface area contributed by atoms with E-state index in [9.17, 15) is 13.2 Å². The molecule has 1 aromatic heterocycles. The third kappa shape index (κ3) is 2.01. The SMILES string of the molecule is FC(F)(F)c1ncc(-c2ccccc2)[nH]1. The van der Waals surface area contributed by atoms with Gasteiger partial charge < -0.3 is 4.98 Å². The van der Waals surface area contributed by atoms with Crippen molar-refractivity contribution in [3.05, 3.63) is 42.4 Å². The Morgan fingerprint density at radius 3 is 2.27 bits per heavy atom. The second-order valence-electron chi connectivity index (χ2n) is 3.01. The molecule has 1 N–H and O–H groups in total. The van der Waals surface area contributed by atoms with Crippen molar-refractivity contribution in [3.63, 3.8) is 0 Å². The molecule has 2 rings (SSSR count). The molecule has 0 aliphatic heterocycles. The maximum atomic E-state index is 12.2. The van der Waals surface area contributed by atoms with E-state index in [4.69, 9.17) is 0 Å². The molecule has 0 spiro atoms. The van der Waals surface area contributed by atoms with Crippen LogP contribution >= 0.6 is 0 Å². The van der Waals surface area contributed by atoms with Crippen molar-refractivity contribution in [1.29, 1.82) is 0 Å². The lowest BCUT2D eigenvalue weighted by molar-refractivity contribution is -0.144. The number of rotatable bonds is 1. The molecule has 0 amide bonds. The van der Waals surface area contributed by atoms with Crippen LogP contribution in [0.1, 0.15) is 5.82 Å². The van der Waals surface area contributed by atoms with Gasteiger partial charge in [0.2, 0.25) is 5.82 Å². The molecule has 0 fully saturated rings. The smallest absolute Gasteiger partial charge is 0.334 e. The highest BCUT2D eigenvalue weighted by Crippen LogP contribution is 2.28. The lowest BCUT2D eigenvalue weighted by Gasteiger charge is -2.00. The van der Waals surface area contributed by atoms with Crippen molar-refractivity contribution >= 4 is 0 Å². The zero-order valence-corrected chi connectivity index (χ0v) is 7.55. The number of alkyl halides is 3. The molecule has 2 aromatic rings. The lowest BCUT2D eigenvalue weighted by Crippen LogP contribution is -2.06. The number of nitrogens with zero attached hydrogens (tertiary/aromatic N) is 1. The predicted octanol–water partition coefficient (Wildman–Crippen LogP) is 3.10. The molecule has 0 saturated heterocycles. The molecule has 0 bridgehead atoms. The first-order valence-electron chi connectivity index (χ1n) is 4.25. The van der Waals surface area contributed by atoms with Gasteiger partial charge in [-0.05, 0) is 5.56 Å². The summed E-state index contributed by atoms with van der Waals surface area (Å²) >= 11 is 0. The van der Waals surface area contributed by atoms with Crippen LogP contribution in [0.4, 0.5) is 13.2 Å². The topological polar surface area (TPSA) is 28.7 Å². The largest absolute Gasteiger partial charge is 0.449 e. The molecule has 0 aliphatic rings. The van der Waals surface area contributed by atoms with Gasteiger partial charge in [0.05, 0.1) is 11.9 Å². The fourth-order valence-electron chi connectivity index (χ4n) is 1.23. The number of nitrogens with one attached hydrogen (secondary N) is 1. The van der Waals surface area contributed by atoms with Crippen LogP contribution in [0.25, 0.3) is 11.3 Å². The number of hydrogen-bond acceptors (Lipinski definition) is 1. The summed E-state index contributed by atoms with van der Waals surface area (Å²) in [5, 5.41) is 0. The highest BCUT2D eigenvalue weighted by Gasteiger charge is 2.34. The van der Waals surface area contributed by atoms with Crippen LogP contribution in [-0.2, 0) is 6.18 Å². The molecule has 0 atom stereocenters. The Labute approximate surface area is 83.8 Å². The van der Waals surface area contributed by atoms with Crippen LogP contribution < -0.4 is 0 Å². The number of benzene rings is 1. The third-order valence-electron chi connectivity index (χ3n) is 1.93. The van der Waals surface area contributed by atoms with E-state index in [-0.39, 0.29) is 0 Å². The Morgan fingerprint density at radius 1 is 1.07 bits per heavy atom. The van der Waals surface area contributed by atoms with Gasteiger partial charge in [-0.3, -0.25) is 0 Å². The Hall–Kier alpha value is -1.78. The summed E-state index contributed by atoms with van der Waals surface area (Å²) in [7, 11) is 0. The fourth-order valence-corrected chi connectivity index (χ4v) is 1.23. The number of hydrogen-bond donors (Lipinski definition) is 1. The third-order valence-corrected chi connectivity index (χ3v) is 1.93. The summed E-state index contributed by atoms with van der Waals surface area (Å²) in [4.78, 5) is 5.52. The highest BCUT2D eigenvalue weighted by molar-refractivity contribution is 5.58. The summed E-state index contributed by atoms with van der Waals surface area (Å²) in [5.41, 5.74) is 1.04. The van der Waals surface area contributed by atoms with Gasteiger partial charge in [-0.25, -0.2) is 4.98 Å². The summed E-state index contributed by atoms with van der Waals surface area (Å²) < 4.78 is 36.7. The van der Waals surface area contributed by atoms with E-state index in [0.29, 0.717) is 11.3 Å².